The summed E-state index contributed by atoms with van der Waals surface area (Å²) in [7, 11) is 0. The first-order valence-corrected chi connectivity index (χ1v) is 11.5. The molecule has 2 atom stereocenters. The van der Waals surface area contributed by atoms with Crippen LogP contribution in [0.5, 0.6) is 0 Å². The number of rotatable bonds is 4. The smallest absolute Gasteiger partial charge is 0.475 e. The highest BCUT2D eigenvalue weighted by molar-refractivity contribution is 6.31. The third kappa shape index (κ3) is 6.03. The molecule has 2 unspecified atom stereocenters. The number of halogens is 4. The topological polar surface area (TPSA) is 100 Å². The molecule has 0 aliphatic carbocycles. The predicted octanol–water partition coefficient (Wildman–Crippen LogP) is 4.12. The molecule has 2 aliphatic heterocycles. The van der Waals surface area contributed by atoms with E-state index in [0.717, 1.165) is 54.7 Å². The van der Waals surface area contributed by atoms with Gasteiger partial charge in [-0.1, -0.05) is 48.0 Å². The summed E-state index contributed by atoms with van der Waals surface area (Å²) in [6.45, 7) is 3.65. The zero-order chi connectivity index (χ0) is 25.9. The van der Waals surface area contributed by atoms with Gasteiger partial charge in [-0.25, -0.2) is 4.79 Å². The lowest BCUT2D eigenvalue weighted by atomic mass is 9.89. The van der Waals surface area contributed by atoms with Gasteiger partial charge in [-0.3, -0.25) is 9.69 Å². The highest BCUT2D eigenvalue weighted by Crippen LogP contribution is 2.34. The van der Waals surface area contributed by atoms with Crippen molar-refractivity contribution in [2.45, 2.75) is 25.7 Å². The highest BCUT2D eigenvalue weighted by atomic mass is 35.5. The second kappa shape index (κ2) is 10.7. The number of carboxylic acids is 1. The Kier molecular flexibility index (Phi) is 7.60. The normalized spacial score (nSPS) is 19.0. The standard InChI is InChI=1S/C22H22ClN5O.C2HF3O2/c23-19-9-5-4-6-15(19)11-27-12-16-10-20-25-26-21(28(20)14-17(16)13-27)22(29)24-18-7-2-1-3-8-18;3-2(4,5)1(6)7/h1-9,16-17H,10-14H2,(H,24,29);(H,6,7). The maximum absolute atomic E-state index is 12.7. The number of aliphatic carboxylic acids is 1. The van der Waals surface area contributed by atoms with E-state index in [4.69, 9.17) is 21.5 Å². The van der Waals surface area contributed by atoms with Crippen molar-refractivity contribution in [3.63, 3.8) is 0 Å². The van der Waals surface area contributed by atoms with Crippen LogP contribution in [0, 0.1) is 11.8 Å². The molecule has 0 spiro atoms. The van der Waals surface area contributed by atoms with Gasteiger partial charge in [0.1, 0.15) is 5.82 Å². The number of hydrogen-bond acceptors (Lipinski definition) is 5. The molecule has 5 rings (SSSR count). The summed E-state index contributed by atoms with van der Waals surface area (Å²) in [5, 5.41) is 19.4. The number of amides is 1. The Hall–Kier alpha value is -3.44. The fourth-order valence-corrected chi connectivity index (χ4v) is 4.69. The number of benzene rings is 2. The van der Waals surface area contributed by atoms with Gasteiger partial charge in [0.25, 0.3) is 5.91 Å². The van der Waals surface area contributed by atoms with Crippen molar-refractivity contribution < 1.29 is 27.9 Å². The molecule has 1 aromatic heterocycles. The number of carboxylic acid groups (broad SMARTS) is 1. The molecule has 2 N–H and O–H groups in total. The van der Waals surface area contributed by atoms with Crippen LogP contribution >= 0.6 is 11.6 Å². The number of alkyl halides is 3. The number of para-hydroxylation sites is 1. The summed E-state index contributed by atoms with van der Waals surface area (Å²) in [5.41, 5.74) is 1.92. The summed E-state index contributed by atoms with van der Waals surface area (Å²) in [5.74, 6) is -0.633. The van der Waals surface area contributed by atoms with E-state index in [1.54, 1.807) is 0 Å². The van der Waals surface area contributed by atoms with Crippen LogP contribution in [0.1, 0.15) is 22.0 Å². The van der Waals surface area contributed by atoms with Gasteiger partial charge in [-0.15, -0.1) is 10.2 Å². The summed E-state index contributed by atoms with van der Waals surface area (Å²) in [6.07, 6.45) is -4.23. The Morgan fingerprint density at radius 3 is 2.31 bits per heavy atom. The zero-order valence-electron chi connectivity index (χ0n) is 19.0. The maximum atomic E-state index is 12.7. The lowest BCUT2D eigenvalue weighted by molar-refractivity contribution is -0.192. The van der Waals surface area contributed by atoms with E-state index in [0.29, 0.717) is 17.7 Å². The average molecular weight is 522 g/mol. The molecule has 3 aromatic rings. The molecule has 2 aliphatic rings. The van der Waals surface area contributed by atoms with Crippen LogP contribution in [0.2, 0.25) is 5.02 Å². The molecule has 1 fully saturated rings. The quantitative estimate of drug-likeness (QED) is 0.536. The minimum Gasteiger partial charge on any atom is -0.475 e. The zero-order valence-corrected chi connectivity index (χ0v) is 19.7. The number of carbonyl (C=O) groups is 2. The van der Waals surface area contributed by atoms with Crippen molar-refractivity contribution in [1.29, 1.82) is 0 Å². The molecule has 1 amide bonds. The van der Waals surface area contributed by atoms with Gasteiger partial charge >= 0.3 is 12.1 Å². The Morgan fingerprint density at radius 2 is 1.64 bits per heavy atom. The van der Waals surface area contributed by atoms with E-state index in [1.165, 1.54) is 0 Å². The molecule has 36 heavy (non-hydrogen) atoms. The number of anilines is 1. The Balaban J connectivity index is 0.000000384. The highest BCUT2D eigenvalue weighted by Gasteiger charge is 2.39. The van der Waals surface area contributed by atoms with E-state index in [9.17, 15) is 18.0 Å². The van der Waals surface area contributed by atoms with E-state index >= 15 is 0 Å². The third-order valence-electron chi connectivity index (χ3n) is 6.17. The predicted molar refractivity (Wildman–Crippen MR) is 126 cm³/mol. The Bertz CT molecular complexity index is 1240. The van der Waals surface area contributed by atoms with Gasteiger partial charge in [-0.05, 0) is 35.6 Å². The van der Waals surface area contributed by atoms with Gasteiger partial charge in [0, 0.05) is 43.3 Å². The van der Waals surface area contributed by atoms with E-state index in [2.05, 4.69) is 26.5 Å². The molecular weight excluding hydrogens is 499 g/mol. The number of hydrogen-bond donors (Lipinski definition) is 2. The van der Waals surface area contributed by atoms with Gasteiger partial charge in [0.05, 0.1) is 0 Å². The molecule has 3 heterocycles. The lowest BCUT2D eigenvalue weighted by Gasteiger charge is -2.25. The van der Waals surface area contributed by atoms with Gasteiger partial charge < -0.3 is 15.0 Å². The molecule has 190 valence electrons. The summed E-state index contributed by atoms with van der Waals surface area (Å²) >= 11 is 6.34. The van der Waals surface area contributed by atoms with Gasteiger partial charge in [0.2, 0.25) is 5.82 Å². The van der Waals surface area contributed by atoms with Crippen molar-refractivity contribution in [2.24, 2.45) is 11.8 Å². The minimum atomic E-state index is -5.08. The van der Waals surface area contributed by atoms with Crippen molar-refractivity contribution in [3.05, 3.63) is 76.8 Å². The van der Waals surface area contributed by atoms with Crippen molar-refractivity contribution in [3.8, 4) is 0 Å². The largest absolute Gasteiger partial charge is 0.490 e. The van der Waals surface area contributed by atoms with Crippen LogP contribution in [-0.2, 0) is 24.3 Å². The minimum absolute atomic E-state index is 0.209. The second-order valence-corrected chi connectivity index (χ2v) is 9.09. The van der Waals surface area contributed by atoms with Crippen LogP contribution in [0.15, 0.2) is 54.6 Å². The molecule has 12 heteroatoms. The fourth-order valence-electron chi connectivity index (χ4n) is 4.49. The van der Waals surface area contributed by atoms with E-state index in [-0.39, 0.29) is 5.91 Å². The molecule has 0 radical (unpaired) electrons. The molecule has 0 bridgehead atoms. The van der Waals surface area contributed by atoms with E-state index in [1.807, 2.05) is 53.1 Å². The molecule has 8 nitrogen and oxygen atoms in total. The van der Waals surface area contributed by atoms with Gasteiger partial charge in [-0.2, -0.15) is 13.2 Å². The first-order valence-electron chi connectivity index (χ1n) is 11.2. The van der Waals surface area contributed by atoms with Gasteiger partial charge in [0.15, 0.2) is 0 Å². The summed E-state index contributed by atoms with van der Waals surface area (Å²) in [4.78, 5) is 24.1. The first-order chi connectivity index (χ1) is 17.1. The van der Waals surface area contributed by atoms with Crippen LogP contribution in [0.25, 0.3) is 0 Å². The molecule has 2 aromatic carbocycles. The van der Waals surface area contributed by atoms with E-state index < -0.39 is 12.1 Å². The van der Waals surface area contributed by atoms with Crippen molar-refractivity contribution in [1.82, 2.24) is 19.7 Å². The Labute approximate surface area is 209 Å². The average Bonchev–Trinajstić information content (AvgIpc) is 3.42. The lowest BCUT2D eigenvalue weighted by Crippen LogP contribution is -2.31. The monoisotopic (exact) mass is 521 g/mol. The van der Waals surface area contributed by atoms with Crippen LogP contribution in [0.3, 0.4) is 0 Å². The number of nitrogens with one attached hydrogen (secondary N) is 1. The number of fused-ring (bicyclic) bond motifs is 2. The number of nitrogens with zero attached hydrogens (tertiary/aromatic N) is 4. The Morgan fingerprint density at radius 1 is 1.00 bits per heavy atom. The summed E-state index contributed by atoms with van der Waals surface area (Å²) in [6, 6.07) is 17.5. The first kappa shape index (κ1) is 25.6. The molecular formula is C24H23ClF3N5O3. The third-order valence-corrected chi connectivity index (χ3v) is 6.54. The maximum Gasteiger partial charge on any atom is 0.490 e. The van der Waals surface area contributed by atoms with Crippen molar-refractivity contribution >= 4 is 29.2 Å². The fraction of sp³-hybridized carbons (Fsp3) is 0.333. The van der Waals surface area contributed by atoms with Crippen LogP contribution in [0.4, 0.5) is 18.9 Å². The number of carbonyl (C=O) groups excluding carboxylic acids is 1. The second-order valence-electron chi connectivity index (χ2n) is 8.68. The number of likely N-dealkylation sites (tertiary alicyclic amines) is 1. The SMILES string of the molecule is O=C(Nc1ccccc1)c1nnc2n1CC1CN(Cc3ccccc3Cl)CC1C2.O=C(O)C(F)(F)F. The number of aromatic nitrogens is 3. The van der Waals surface area contributed by atoms with Crippen LogP contribution in [-0.4, -0.2) is 55.9 Å². The van der Waals surface area contributed by atoms with Crippen LogP contribution < -0.4 is 5.32 Å². The molecule has 1 saturated heterocycles. The molecule has 0 saturated carbocycles. The summed E-state index contributed by atoms with van der Waals surface area (Å²) < 4.78 is 33.7. The van der Waals surface area contributed by atoms with Crippen molar-refractivity contribution in [2.75, 3.05) is 18.4 Å².